The zero-order valence-electron chi connectivity index (χ0n) is 12.6. The van der Waals surface area contributed by atoms with Gasteiger partial charge in [-0.1, -0.05) is 25.4 Å². The van der Waals surface area contributed by atoms with Gasteiger partial charge in [0.1, 0.15) is 11.4 Å². The van der Waals surface area contributed by atoms with Gasteiger partial charge in [0.15, 0.2) is 0 Å². The van der Waals surface area contributed by atoms with E-state index in [0.29, 0.717) is 6.04 Å². The van der Waals surface area contributed by atoms with E-state index in [1.165, 1.54) is 5.56 Å². The van der Waals surface area contributed by atoms with Crippen LogP contribution in [0.2, 0.25) is 5.02 Å². The molecule has 0 amide bonds. The number of rotatable bonds is 3. The second-order valence-corrected chi connectivity index (χ2v) is 5.96. The molecule has 0 saturated heterocycles. The fourth-order valence-electron chi connectivity index (χ4n) is 3.13. The Hall–Kier alpha value is -0.730. The van der Waals surface area contributed by atoms with Crippen molar-refractivity contribution in [2.75, 3.05) is 7.05 Å². The van der Waals surface area contributed by atoms with E-state index >= 15 is 0 Å². The van der Waals surface area contributed by atoms with Gasteiger partial charge in [-0.3, -0.25) is 0 Å². The maximum atomic E-state index is 6.39. The predicted molar refractivity (Wildman–Crippen MR) is 81.3 cm³/mol. The van der Waals surface area contributed by atoms with Gasteiger partial charge in [-0.15, -0.1) is 0 Å². The van der Waals surface area contributed by atoms with Crippen molar-refractivity contribution in [2.24, 2.45) is 0 Å². The maximum Gasteiger partial charge on any atom is 0.125 e. The SMILES string of the molecule is CCC1(CC)CC(NC)c2c(cc(C)c(Cl)c2C)O1. The summed E-state index contributed by atoms with van der Waals surface area (Å²) in [7, 11) is 2.02. The molecule has 1 unspecified atom stereocenters. The van der Waals surface area contributed by atoms with Crippen LogP contribution in [0.15, 0.2) is 6.07 Å². The third-order valence-corrected chi connectivity index (χ3v) is 5.16. The summed E-state index contributed by atoms with van der Waals surface area (Å²) in [4.78, 5) is 0. The average molecular weight is 282 g/mol. The van der Waals surface area contributed by atoms with Gasteiger partial charge in [-0.05, 0) is 50.9 Å². The quantitative estimate of drug-likeness (QED) is 0.877. The summed E-state index contributed by atoms with van der Waals surface area (Å²) in [6.45, 7) is 8.54. The monoisotopic (exact) mass is 281 g/mol. The summed E-state index contributed by atoms with van der Waals surface area (Å²) >= 11 is 6.39. The lowest BCUT2D eigenvalue weighted by Gasteiger charge is -2.42. The Balaban J connectivity index is 2.58. The van der Waals surface area contributed by atoms with Gasteiger partial charge < -0.3 is 10.1 Å². The van der Waals surface area contributed by atoms with Crippen molar-refractivity contribution >= 4 is 11.6 Å². The van der Waals surface area contributed by atoms with Crippen LogP contribution in [0.5, 0.6) is 5.75 Å². The number of halogens is 1. The van der Waals surface area contributed by atoms with Crippen LogP contribution in [-0.4, -0.2) is 12.6 Å². The van der Waals surface area contributed by atoms with E-state index in [0.717, 1.165) is 41.2 Å². The lowest BCUT2D eigenvalue weighted by Crippen LogP contribution is -2.43. The lowest BCUT2D eigenvalue weighted by atomic mass is 9.82. The highest BCUT2D eigenvalue weighted by Gasteiger charge is 2.39. The molecular weight excluding hydrogens is 258 g/mol. The summed E-state index contributed by atoms with van der Waals surface area (Å²) in [5, 5.41) is 4.30. The molecule has 2 nitrogen and oxygen atoms in total. The van der Waals surface area contributed by atoms with Gasteiger partial charge in [-0.25, -0.2) is 0 Å². The number of ether oxygens (including phenoxy) is 1. The Labute approximate surface area is 121 Å². The molecule has 1 aromatic rings. The second-order valence-electron chi connectivity index (χ2n) is 5.58. The van der Waals surface area contributed by atoms with Crippen LogP contribution < -0.4 is 10.1 Å². The first kappa shape index (κ1) is 14.7. The minimum Gasteiger partial charge on any atom is -0.487 e. The van der Waals surface area contributed by atoms with Crippen molar-refractivity contribution < 1.29 is 4.74 Å². The molecule has 2 rings (SSSR count). The minimum absolute atomic E-state index is 0.0482. The molecule has 0 fully saturated rings. The van der Waals surface area contributed by atoms with Crippen LogP contribution in [0.4, 0.5) is 0 Å². The van der Waals surface area contributed by atoms with Crippen LogP contribution in [0, 0.1) is 13.8 Å². The van der Waals surface area contributed by atoms with Gasteiger partial charge in [0.25, 0.3) is 0 Å². The van der Waals surface area contributed by atoms with Crippen molar-refractivity contribution in [2.45, 2.75) is 58.6 Å². The van der Waals surface area contributed by atoms with Gasteiger partial charge in [0.2, 0.25) is 0 Å². The Bertz CT molecular complexity index is 480. The third kappa shape index (κ3) is 2.36. The average Bonchev–Trinajstić information content (AvgIpc) is 2.43. The summed E-state index contributed by atoms with van der Waals surface area (Å²) in [5.74, 6) is 1.01. The maximum absolute atomic E-state index is 6.39. The van der Waals surface area contributed by atoms with Crippen molar-refractivity contribution in [3.8, 4) is 5.75 Å². The molecule has 1 atom stereocenters. The fourth-order valence-corrected chi connectivity index (χ4v) is 3.29. The summed E-state index contributed by atoms with van der Waals surface area (Å²) in [6, 6.07) is 2.41. The van der Waals surface area contributed by atoms with E-state index in [9.17, 15) is 0 Å². The zero-order chi connectivity index (χ0) is 14.2. The standard InChI is InChI=1S/C16H24ClNO/c1-6-16(7-2)9-12(18-5)14-11(4)15(17)10(3)8-13(14)19-16/h8,12,18H,6-7,9H2,1-5H3. The van der Waals surface area contributed by atoms with Gasteiger partial charge >= 0.3 is 0 Å². The van der Waals surface area contributed by atoms with Crippen LogP contribution in [0.25, 0.3) is 0 Å². The normalized spacial score (nSPS) is 20.8. The van der Waals surface area contributed by atoms with Crippen LogP contribution in [0.1, 0.15) is 55.8 Å². The second kappa shape index (κ2) is 5.34. The first-order valence-corrected chi connectivity index (χ1v) is 7.51. The number of fused-ring (bicyclic) bond motifs is 1. The molecule has 1 aliphatic heterocycles. The molecule has 19 heavy (non-hydrogen) atoms. The first-order chi connectivity index (χ1) is 8.98. The van der Waals surface area contributed by atoms with Gasteiger partial charge in [-0.2, -0.15) is 0 Å². The molecule has 1 N–H and O–H groups in total. The van der Waals surface area contributed by atoms with Crippen molar-refractivity contribution in [3.05, 3.63) is 27.8 Å². The van der Waals surface area contributed by atoms with E-state index in [2.05, 4.69) is 32.2 Å². The zero-order valence-corrected chi connectivity index (χ0v) is 13.3. The van der Waals surface area contributed by atoms with Crippen LogP contribution in [-0.2, 0) is 0 Å². The molecule has 3 heteroatoms. The van der Waals surface area contributed by atoms with Gasteiger partial charge in [0, 0.05) is 23.0 Å². The molecule has 0 aromatic heterocycles. The van der Waals surface area contributed by atoms with Crippen molar-refractivity contribution in [3.63, 3.8) is 0 Å². The number of aryl methyl sites for hydroxylation is 1. The van der Waals surface area contributed by atoms with Crippen LogP contribution >= 0.6 is 11.6 Å². The van der Waals surface area contributed by atoms with Crippen LogP contribution in [0.3, 0.4) is 0 Å². The minimum atomic E-state index is -0.0482. The largest absolute Gasteiger partial charge is 0.487 e. The molecule has 1 heterocycles. The van der Waals surface area contributed by atoms with Crippen molar-refractivity contribution in [1.82, 2.24) is 5.32 Å². The third-order valence-electron chi connectivity index (χ3n) is 4.58. The molecule has 0 spiro atoms. The summed E-state index contributed by atoms with van der Waals surface area (Å²) in [5.41, 5.74) is 3.43. The Morgan fingerprint density at radius 1 is 1.37 bits per heavy atom. The molecule has 106 valence electrons. The molecule has 0 saturated carbocycles. The summed E-state index contributed by atoms with van der Waals surface area (Å²) in [6.07, 6.45) is 3.06. The number of benzene rings is 1. The molecule has 0 radical (unpaired) electrons. The highest BCUT2D eigenvalue weighted by atomic mass is 35.5. The molecule has 1 aromatic carbocycles. The van der Waals surface area contributed by atoms with E-state index < -0.39 is 0 Å². The summed E-state index contributed by atoms with van der Waals surface area (Å²) < 4.78 is 6.37. The number of nitrogens with one attached hydrogen (secondary N) is 1. The molecular formula is C16H24ClNO. The fraction of sp³-hybridized carbons (Fsp3) is 0.625. The first-order valence-electron chi connectivity index (χ1n) is 7.14. The van der Waals surface area contributed by atoms with E-state index in [4.69, 9.17) is 16.3 Å². The highest BCUT2D eigenvalue weighted by Crippen LogP contribution is 2.46. The lowest BCUT2D eigenvalue weighted by molar-refractivity contribution is 0.0236. The Morgan fingerprint density at radius 3 is 2.53 bits per heavy atom. The number of hydrogen-bond donors (Lipinski definition) is 1. The van der Waals surface area contributed by atoms with E-state index in [1.54, 1.807) is 0 Å². The molecule has 0 aliphatic carbocycles. The van der Waals surface area contributed by atoms with Gasteiger partial charge in [0.05, 0.1) is 0 Å². The highest BCUT2D eigenvalue weighted by molar-refractivity contribution is 6.32. The van der Waals surface area contributed by atoms with E-state index in [1.807, 2.05) is 14.0 Å². The van der Waals surface area contributed by atoms with Crippen molar-refractivity contribution in [1.29, 1.82) is 0 Å². The topological polar surface area (TPSA) is 21.3 Å². The number of hydrogen-bond acceptors (Lipinski definition) is 2. The molecule has 1 aliphatic rings. The Kier molecular flexibility index (Phi) is 4.12. The predicted octanol–water partition coefficient (Wildman–Crippen LogP) is 4.56. The smallest absolute Gasteiger partial charge is 0.125 e. The Morgan fingerprint density at radius 2 is 2.00 bits per heavy atom. The van der Waals surface area contributed by atoms with E-state index in [-0.39, 0.29) is 5.60 Å². The molecule has 0 bridgehead atoms.